The smallest absolute Gasteiger partial charge is 0.335 e. The molecule has 0 aromatic heterocycles. The number of nitrogens with one attached hydrogen (secondary N) is 3. The number of benzene rings is 5. The number of ether oxygens (including phenoxy) is 1. The van der Waals surface area contributed by atoms with Gasteiger partial charge in [0.15, 0.2) is 0 Å². The zero-order valence-electron chi connectivity index (χ0n) is 25.8. The zero-order chi connectivity index (χ0) is 33.9. The molecule has 0 aliphatic rings. The van der Waals surface area contributed by atoms with Gasteiger partial charge in [0.25, 0.3) is 11.8 Å². The van der Waals surface area contributed by atoms with Crippen LogP contribution in [0.4, 0.5) is 11.4 Å². The predicted octanol–water partition coefficient (Wildman–Crippen LogP) is 7.28. The summed E-state index contributed by atoms with van der Waals surface area (Å²) in [5.74, 6) is -1.63. The van der Waals surface area contributed by atoms with Crippen molar-refractivity contribution in [3.8, 4) is 5.75 Å². The first-order chi connectivity index (χ1) is 23.3. The van der Waals surface area contributed by atoms with Gasteiger partial charge in [0.2, 0.25) is 5.91 Å². The van der Waals surface area contributed by atoms with Gasteiger partial charge in [0.05, 0.1) is 12.7 Å². The Kier molecular flexibility index (Phi) is 11.0. The zero-order valence-corrected chi connectivity index (χ0v) is 26.6. The molecule has 10 heteroatoms. The van der Waals surface area contributed by atoms with Crippen LogP contribution in [0.5, 0.6) is 5.75 Å². The van der Waals surface area contributed by atoms with Crippen molar-refractivity contribution in [1.29, 1.82) is 0 Å². The Morgan fingerprint density at radius 2 is 1.27 bits per heavy atom. The monoisotopic (exact) mass is 657 g/mol. The highest BCUT2D eigenvalue weighted by Crippen LogP contribution is 2.37. The first-order valence-corrected chi connectivity index (χ1v) is 15.7. The minimum Gasteiger partial charge on any atom is -0.497 e. The second-order valence-electron chi connectivity index (χ2n) is 10.4. The van der Waals surface area contributed by atoms with E-state index < -0.39 is 23.0 Å². The largest absolute Gasteiger partial charge is 0.497 e. The maximum atomic E-state index is 13.5. The Balaban J connectivity index is 1.32. The van der Waals surface area contributed by atoms with Crippen LogP contribution < -0.4 is 20.7 Å². The normalized spacial score (nSPS) is 11.6. The van der Waals surface area contributed by atoms with Crippen molar-refractivity contribution in [3.63, 3.8) is 0 Å². The van der Waals surface area contributed by atoms with E-state index in [1.165, 1.54) is 23.9 Å². The molecule has 240 valence electrons. The van der Waals surface area contributed by atoms with E-state index in [1.807, 2.05) is 30.3 Å². The van der Waals surface area contributed by atoms with E-state index in [1.54, 1.807) is 104 Å². The number of carboxylic acid groups (broad SMARTS) is 1. The highest BCUT2D eigenvalue weighted by molar-refractivity contribution is 8.00. The summed E-state index contributed by atoms with van der Waals surface area (Å²) in [4.78, 5) is 51.9. The van der Waals surface area contributed by atoms with Crippen LogP contribution in [-0.4, -0.2) is 35.9 Å². The van der Waals surface area contributed by atoms with Crippen LogP contribution in [0.15, 0.2) is 144 Å². The number of amides is 3. The molecule has 0 aliphatic carbocycles. The second-order valence-corrected chi connectivity index (χ2v) is 11.6. The van der Waals surface area contributed by atoms with E-state index in [2.05, 4.69) is 16.0 Å². The number of hydrogen-bond acceptors (Lipinski definition) is 6. The van der Waals surface area contributed by atoms with Crippen LogP contribution in [0, 0.1) is 0 Å². The quantitative estimate of drug-likeness (QED) is 0.0819. The number of methoxy groups -OCH3 is 1. The van der Waals surface area contributed by atoms with Crippen molar-refractivity contribution >= 4 is 52.9 Å². The molecular weight excluding hydrogens is 626 g/mol. The van der Waals surface area contributed by atoms with Crippen molar-refractivity contribution in [2.45, 2.75) is 10.1 Å². The van der Waals surface area contributed by atoms with Gasteiger partial charge < -0.3 is 25.8 Å². The molecule has 0 fully saturated rings. The van der Waals surface area contributed by atoms with Gasteiger partial charge >= 0.3 is 5.97 Å². The molecule has 5 rings (SSSR count). The van der Waals surface area contributed by atoms with Gasteiger partial charge in [-0.2, -0.15) is 0 Å². The van der Waals surface area contributed by atoms with Gasteiger partial charge in [-0.05, 0) is 90.0 Å². The average Bonchev–Trinajstić information content (AvgIpc) is 3.12. The lowest BCUT2D eigenvalue weighted by Crippen LogP contribution is -2.30. The van der Waals surface area contributed by atoms with Crippen molar-refractivity contribution in [2.24, 2.45) is 0 Å². The van der Waals surface area contributed by atoms with E-state index in [0.29, 0.717) is 28.3 Å². The number of carboxylic acids is 1. The summed E-state index contributed by atoms with van der Waals surface area (Å²) in [5, 5.41) is 17.0. The lowest BCUT2D eigenvalue weighted by Gasteiger charge is -2.18. The molecule has 9 nitrogen and oxygen atoms in total. The summed E-state index contributed by atoms with van der Waals surface area (Å²) >= 11 is 1.32. The van der Waals surface area contributed by atoms with Gasteiger partial charge in [-0.1, -0.05) is 60.7 Å². The van der Waals surface area contributed by atoms with Crippen molar-refractivity contribution in [3.05, 3.63) is 161 Å². The molecule has 1 unspecified atom stereocenters. The molecular formula is C38H31N3O6S. The maximum Gasteiger partial charge on any atom is 0.335 e. The third-order valence-electron chi connectivity index (χ3n) is 7.06. The van der Waals surface area contributed by atoms with Crippen LogP contribution >= 0.6 is 11.8 Å². The molecule has 4 N–H and O–H groups in total. The summed E-state index contributed by atoms with van der Waals surface area (Å²) in [6.07, 6.45) is 1.58. The molecule has 5 aromatic rings. The fourth-order valence-electron chi connectivity index (χ4n) is 4.57. The van der Waals surface area contributed by atoms with Gasteiger partial charge in [-0.3, -0.25) is 14.4 Å². The highest BCUT2D eigenvalue weighted by atomic mass is 32.2. The van der Waals surface area contributed by atoms with Crippen molar-refractivity contribution < 1.29 is 29.0 Å². The molecule has 0 saturated heterocycles. The number of carbonyl (C=O) groups is 4. The summed E-state index contributed by atoms with van der Waals surface area (Å²) in [7, 11) is 1.56. The van der Waals surface area contributed by atoms with Gasteiger partial charge in [0, 0.05) is 21.8 Å². The molecule has 0 spiro atoms. The molecule has 48 heavy (non-hydrogen) atoms. The Hall–Kier alpha value is -6.13. The lowest BCUT2D eigenvalue weighted by atomic mass is 10.1. The van der Waals surface area contributed by atoms with Gasteiger partial charge in [-0.25, -0.2) is 4.79 Å². The Labute approximate surface area is 281 Å². The van der Waals surface area contributed by atoms with E-state index in [-0.39, 0.29) is 17.2 Å². The fourth-order valence-corrected chi connectivity index (χ4v) is 5.59. The first-order valence-electron chi connectivity index (χ1n) is 14.8. The molecule has 3 amide bonds. The molecule has 5 aromatic carbocycles. The maximum absolute atomic E-state index is 13.5. The minimum absolute atomic E-state index is 0.0460. The van der Waals surface area contributed by atoms with Crippen LogP contribution in [-0.2, 0) is 9.59 Å². The number of thioether (sulfide) groups is 1. The predicted molar refractivity (Wildman–Crippen MR) is 187 cm³/mol. The summed E-state index contributed by atoms with van der Waals surface area (Å²) in [5.41, 5.74) is 2.99. The lowest BCUT2D eigenvalue weighted by molar-refractivity contribution is -0.116. The molecule has 0 bridgehead atoms. The summed E-state index contributed by atoms with van der Waals surface area (Å²) < 4.78 is 5.22. The number of anilines is 2. The summed E-state index contributed by atoms with van der Waals surface area (Å²) in [6.45, 7) is 0. The topological polar surface area (TPSA) is 134 Å². The Morgan fingerprint density at radius 3 is 1.88 bits per heavy atom. The Bertz CT molecular complexity index is 1910. The van der Waals surface area contributed by atoms with Crippen LogP contribution in [0.2, 0.25) is 0 Å². The van der Waals surface area contributed by atoms with E-state index in [4.69, 9.17) is 4.74 Å². The van der Waals surface area contributed by atoms with Crippen LogP contribution in [0.25, 0.3) is 6.08 Å². The number of aromatic carboxylic acids is 1. The highest BCUT2D eigenvalue weighted by Gasteiger charge is 2.23. The SMILES string of the molecule is COc1ccc(/C=C(\NC(=O)c2ccccc2)C(=O)Nc2ccc(SC(C(=O)Nc3ccc(C(=O)O)cc3)c3ccccc3)cc2)cc1. The summed E-state index contributed by atoms with van der Waals surface area (Å²) in [6, 6.07) is 37.9. The average molecular weight is 658 g/mol. The fraction of sp³-hybridized carbons (Fsp3) is 0.0526. The second kappa shape index (κ2) is 15.9. The number of rotatable bonds is 12. The van der Waals surface area contributed by atoms with E-state index in [9.17, 15) is 24.3 Å². The molecule has 0 aliphatic heterocycles. The third-order valence-corrected chi connectivity index (χ3v) is 8.33. The number of carbonyl (C=O) groups excluding carboxylic acids is 3. The minimum atomic E-state index is -1.05. The van der Waals surface area contributed by atoms with Crippen molar-refractivity contribution in [2.75, 3.05) is 17.7 Å². The molecule has 0 saturated carbocycles. The van der Waals surface area contributed by atoms with Gasteiger partial charge in [-0.15, -0.1) is 11.8 Å². The van der Waals surface area contributed by atoms with E-state index in [0.717, 1.165) is 10.5 Å². The van der Waals surface area contributed by atoms with E-state index >= 15 is 0 Å². The van der Waals surface area contributed by atoms with Crippen LogP contribution in [0.1, 0.15) is 37.1 Å². The number of hydrogen-bond donors (Lipinski definition) is 4. The first kappa shape index (κ1) is 33.2. The van der Waals surface area contributed by atoms with Crippen molar-refractivity contribution in [1.82, 2.24) is 5.32 Å². The molecule has 0 radical (unpaired) electrons. The molecule has 0 heterocycles. The van der Waals surface area contributed by atoms with Crippen LogP contribution in [0.3, 0.4) is 0 Å². The molecule has 1 atom stereocenters. The third kappa shape index (κ3) is 8.99. The van der Waals surface area contributed by atoms with Gasteiger partial charge in [0.1, 0.15) is 16.7 Å². The Morgan fingerprint density at radius 1 is 0.688 bits per heavy atom. The standard InChI is InChI=1S/C38H31N3O6S/c1-47-31-20-12-25(13-21-31)24-33(41-35(42)27-10-6-3-7-11-27)36(43)39-30-18-22-32(23-19-30)48-34(26-8-4-2-5-9-26)37(44)40-29-16-14-28(15-17-29)38(45)46/h2-24,34H,1H3,(H,39,43)(H,40,44)(H,41,42)(H,45,46)/b33-24-.